The zero-order valence-corrected chi connectivity index (χ0v) is 11.0. The van der Waals surface area contributed by atoms with Crippen molar-refractivity contribution < 1.29 is 13.5 Å². The first kappa shape index (κ1) is 13.3. The second-order valence-electron chi connectivity index (χ2n) is 4.44. The van der Waals surface area contributed by atoms with Gasteiger partial charge in [-0.3, -0.25) is 0 Å². The van der Waals surface area contributed by atoms with Crippen LogP contribution in [-0.4, -0.2) is 9.78 Å². The fourth-order valence-electron chi connectivity index (χ4n) is 1.96. The summed E-state index contributed by atoms with van der Waals surface area (Å²) < 4.78 is 34.6. The molecule has 0 N–H and O–H groups in total. The summed E-state index contributed by atoms with van der Waals surface area (Å²) in [5, 5.41) is 3.88. The molecule has 0 fully saturated rings. The molecule has 0 bridgehead atoms. The molecular formula is C16H12F2N2O. The Balaban J connectivity index is 1.83. The van der Waals surface area contributed by atoms with Gasteiger partial charge in [0.1, 0.15) is 12.3 Å². The molecule has 0 aliphatic rings. The van der Waals surface area contributed by atoms with Gasteiger partial charge >= 0.3 is 0 Å². The van der Waals surface area contributed by atoms with Crippen molar-refractivity contribution >= 4 is 0 Å². The fourth-order valence-corrected chi connectivity index (χ4v) is 1.96. The highest BCUT2D eigenvalue weighted by Gasteiger charge is 2.16. The van der Waals surface area contributed by atoms with Gasteiger partial charge in [0, 0.05) is 12.4 Å². The van der Waals surface area contributed by atoms with E-state index in [4.69, 9.17) is 4.74 Å². The summed E-state index contributed by atoms with van der Waals surface area (Å²) in [7, 11) is 0. The van der Waals surface area contributed by atoms with Gasteiger partial charge in [0.2, 0.25) is 5.82 Å². The van der Waals surface area contributed by atoms with Crippen LogP contribution in [0.3, 0.4) is 0 Å². The van der Waals surface area contributed by atoms with Crippen molar-refractivity contribution in [3.63, 3.8) is 0 Å². The van der Waals surface area contributed by atoms with Crippen LogP contribution in [0.5, 0.6) is 5.75 Å². The van der Waals surface area contributed by atoms with Crippen molar-refractivity contribution in [3.05, 3.63) is 78.1 Å². The van der Waals surface area contributed by atoms with Crippen molar-refractivity contribution in [1.82, 2.24) is 9.78 Å². The maximum Gasteiger partial charge on any atom is 0.202 e. The minimum atomic E-state index is -1.01. The van der Waals surface area contributed by atoms with E-state index in [0.717, 1.165) is 5.56 Å². The van der Waals surface area contributed by atoms with E-state index in [2.05, 4.69) is 5.10 Å². The van der Waals surface area contributed by atoms with E-state index in [1.165, 1.54) is 23.0 Å². The first-order valence-corrected chi connectivity index (χ1v) is 6.40. The molecule has 5 heteroatoms. The second-order valence-corrected chi connectivity index (χ2v) is 4.44. The molecular weight excluding hydrogens is 274 g/mol. The summed E-state index contributed by atoms with van der Waals surface area (Å²) in [5.41, 5.74) is 0.929. The van der Waals surface area contributed by atoms with Crippen molar-refractivity contribution in [2.75, 3.05) is 0 Å². The van der Waals surface area contributed by atoms with Gasteiger partial charge in [0.15, 0.2) is 11.6 Å². The maximum atomic E-state index is 14.0. The molecule has 3 aromatic rings. The van der Waals surface area contributed by atoms with Crippen LogP contribution in [0.15, 0.2) is 60.9 Å². The van der Waals surface area contributed by atoms with Crippen LogP contribution >= 0.6 is 0 Å². The number of hydrogen-bond acceptors (Lipinski definition) is 2. The zero-order valence-electron chi connectivity index (χ0n) is 11.0. The highest BCUT2D eigenvalue weighted by atomic mass is 19.2. The first-order chi connectivity index (χ1) is 10.3. The molecule has 3 nitrogen and oxygen atoms in total. The zero-order chi connectivity index (χ0) is 14.7. The lowest BCUT2D eigenvalue weighted by Crippen LogP contribution is -2.04. The minimum absolute atomic E-state index is 0.0459. The van der Waals surface area contributed by atoms with Crippen molar-refractivity contribution in [1.29, 1.82) is 0 Å². The normalized spacial score (nSPS) is 10.6. The predicted molar refractivity (Wildman–Crippen MR) is 74.3 cm³/mol. The maximum absolute atomic E-state index is 14.0. The number of hydrogen-bond donors (Lipinski definition) is 0. The van der Waals surface area contributed by atoms with Gasteiger partial charge in [-0.2, -0.15) is 9.49 Å². The Bertz CT molecular complexity index is 728. The molecule has 0 atom stereocenters. The third-order valence-electron chi connectivity index (χ3n) is 3.01. The molecule has 0 spiro atoms. The molecule has 0 amide bonds. The predicted octanol–water partition coefficient (Wildman–Crippen LogP) is 3.73. The van der Waals surface area contributed by atoms with E-state index in [1.807, 2.05) is 30.3 Å². The van der Waals surface area contributed by atoms with Gasteiger partial charge in [-0.05, 0) is 23.8 Å². The van der Waals surface area contributed by atoms with Crippen molar-refractivity contribution in [3.8, 4) is 11.4 Å². The van der Waals surface area contributed by atoms with E-state index in [9.17, 15) is 8.78 Å². The summed E-state index contributed by atoms with van der Waals surface area (Å²) in [5.74, 6) is -2.12. The Labute approximate surface area is 120 Å². The smallest absolute Gasteiger partial charge is 0.202 e. The average molecular weight is 286 g/mol. The largest absolute Gasteiger partial charge is 0.486 e. The molecule has 1 heterocycles. The summed E-state index contributed by atoms with van der Waals surface area (Å²) >= 11 is 0. The Kier molecular flexibility index (Phi) is 3.64. The lowest BCUT2D eigenvalue weighted by Gasteiger charge is -2.10. The molecule has 2 aromatic carbocycles. The summed E-state index contributed by atoms with van der Waals surface area (Å²) in [6.45, 7) is 0.179. The van der Waals surface area contributed by atoms with E-state index in [-0.39, 0.29) is 18.0 Å². The Morgan fingerprint density at radius 1 is 0.952 bits per heavy atom. The topological polar surface area (TPSA) is 27.1 Å². The number of halogens is 2. The van der Waals surface area contributed by atoms with Gasteiger partial charge in [-0.15, -0.1) is 0 Å². The highest BCUT2D eigenvalue weighted by molar-refractivity contribution is 5.40. The minimum Gasteiger partial charge on any atom is -0.486 e. The summed E-state index contributed by atoms with van der Waals surface area (Å²) in [4.78, 5) is 0. The molecule has 0 unspecified atom stereocenters. The number of aromatic nitrogens is 2. The number of benzene rings is 2. The molecule has 106 valence electrons. The van der Waals surface area contributed by atoms with Gasteiger partial charge < -0.3 is 4.74 Å². The van der Waals surface area contributed by atoms with E-state index >= 15 is 0 Å². The van der Waals surface area contributed by atoms with Gasteiger partial charge in [-0.1, -0.05) is 30.3 Å². The van der Waals surface area contributed by atoms with Crippen molar-refractivity contribution in [2.24, 2.45) is 0 Å². The van der Waals surface area contributed by atoms with Crippen LogP contribution in [0, 0.1) is 11.6 Å². The first-order valence-electron chi connectivity index (χ1n) is 6.40. The number of ether oxygens (including phenoxy) is 1. The SMILES string of the molecule is Fc1c(OCc2ccccc2)ccc(-n2cccn2)c1F. The molecule has 21 heavy (non-hydrogen) atoms. The Morgan fingerprint density at radius 3 is 2.48 bits per heavy atom. The standard InChI is InChI=1S/C16H12F2N2O/c17-15-13(20-10-4-9-19-20)7-8-14(16(15)18)21-11-12-5-2-1-3-6-12/h1-10H,11H2. The lowest BCUT2D eigenvalue weighted by molar-refractivity contribution is 0.284. The summed E-state index contributed by atoms with van der Waals surface area (Å²) in [6.07, 6.45) is 3.04. The quantitative estimate of drug-likeness (QED) is 0.730. The van der Waals surface area contributed by atoms with E-state index in [0.29, 0.717) is 0 Å². The van der Waals surface area contributed by atoms with E-state index < -0.39 is 11.6 Å². The highest BCUT2D eigenvalue weighted by Crippen LogP contribution is 2.25. The molecule has 0 aliphatic carbocycles. The third-order valence-corrected chi connectivity index (χ3v) is 3.01. The van der Waals surface area contributed by atoms with Gasteiger partial charge in [-0.25, -0.2) is 9.07 Å². The fraction of sp³-hybridized carbons (Fsp3) is 0.0625. The van der Waals surface area contributed by atoms with Crippen LogP contribution in [0.1, 0.15) is 5.56 Å². The number of nitrogens with zero attached hydrogens (tertiary/aromatic N) is 2. The summed E-state index contributed by atoms with van der Waals surface area (Å²) in [6, 6.07) is 13.8. The second kappa shape index (κ2) is 5.75. The molecule has 0 saturated heterocycles. The lowest BCUT2D eigenvalue weighted by atomic mass is 10.2. The Hall–Kier alpha value is -2.69. The van der Waals surface area contributed by atoms with Crippen LogP contribution in [0.25, 0.3) is 5.69 Å². The molecule has 0 radical (unpaired) electrons. The molecule has 3 rings (SSSR count). The van der Waals surface area contributed by atoms with Crippen LogP contribution in [-0.2, 0) is 6.61 Å². The number of rotatable bonds is 4. The molecule has 1 aromatic heterocycles. The average Bonchev–Trinajstić information content (AvgIpc) is 3.04. The monoisotopic (exact) mass is 286 g/mol. The van der Waals surface area contributed by atoms with Crippen molar-refractivity contribution in [2.45, 2.75) is 6.61 Å². The third kappa shape index (κ3) is 2.76. The van der Waals surface area contributed by atoms with Crippen LogP contribution in [0.2, 0.25) is 0 Å². The van der Waals surface area contributed by atoms with Crippen LogP contribution in [0.4, 0.5) is 8.78 Å². The Morgan fingerprint density at radius 2 is 1.76 bits per heavy atom. The van der Waals surface area contributed by atoms with Crippen LogP contribution < -0.4 is 4.74 Å². The molecule has 0 aliphatic heterocycles. The van der Waals surface area contributed by atoms with Gasteiger partial charge in [0.05, 0.1) is 0 Å². The van der Waals surface area contributed by atoms with Gasteiger partial charge in [0.25, 0.3) is 0 Å². The van der Waals surface area contributed by atoms with E-state index in [1.54, 1.807) is 12.3 Å². The molecule has 0 saturated carbocycles.